The molecular weight excluding hydrogens is 206 g/mol. The molecule has 0 aliphatic carbocycles. The molecule has 1 atom stereocenters. The maximum atomic E-state index is 5.79. The Kier molecular flexibility index (Phi) is 2.88. The topological polar surface area (TPSA) is 60.2 Å². The molecule has 0 amide bonds. The zero-order chi connectivity index (χ0) is 10.8. The molecule has 1 aromatic rings. The number of nitrogens with zero attached hydrogens (tertiary/aromatic N) is 2. The first kappa shape index (κ1) is 10.2. The molecule has 5 heteroatoms. The molecule has 0 aromatic carbocycles. The lowest BCUT2D eigenvalue weighted by Gasteiger charge is -2.18. The third kappa shape index (κ3) is 1.97. The van der Waals surface area contributed by atoms with Gasteiger partial charge in [-0.15, -0.1) is 10.2 Å². The summed E-state index contributed by atoms with van der Waals surface area (Å²) in [6.07, 6.45) is 3.12. The molecule has 16 heavy (non-hydrogen) atoms. The van der Waals surface area contributed by atoms with Crippen molar-refractivity contribution in [3.05, 3.63) is 11.8 Å². The van der Waals surface area contributed by atoms with E-state index in [4.69, 9.17) is 9.15 Å². The van der Waals surface area contributed by atoms with Crippen LogP contribution in [0.1, 0.15) is 42.9 Å². The van der Waals surface area contributed by atoms with E-state index < -0.39 is 0 Å². The van der Waals surface area contributed by atoms with Gasteiger partial charge in [0.15, 0.2) is 0 Å². The van der Waals surface area contributed by atoms with Gasteiger partial charge in [0.2, 0.25) is 11.8 Å². The normalized spacial score (nSPS) is 27.4. The summed E-state index contributed by atoms with van der Waals surface area (Å²) in [5.41, 5.74) is 0. The smallest absolute Gasteiger partial charge is 0.220 e. The number of hydrogen-bond acceptors (Lipinski definition) is 5. The first-order valence-electron chi connectivity index (χ1n) is 6.05. The van der Waals surface area contributed by atoms with Crippen molar-refractivity contribution in [3.63, 3.8) is 0 Å². The second kappa shape index (κ2) is 4.51. The van der Waals surface area contributed by atoms with E-state index in [1.165, 1.54) is 0 Å². The van der Waals surface area contributed by atoms with Crippen molar-refractivity contribution in [2.24, 2.45) is 0 Å². The minimum atomic E-state index is 0.407. The van der Waals surface area contributed by atoms with E-state index in [9.17, 15) is 0 Å². The van der Waals surface area contributed by atoms with Gasteiger partial charge in [-0.3, -0.25) is 0 Å². The predicted molar refractivity (Wildman–Crippen MR) is 57.3 cm³/mol. The fraction of sp³-hybridized carbons (Fsp3) is 0.818. The van der Waals surface area contributed by atoms with Crippen molar-refractivity contribution >= 4 is 0 Å². The first-order chi connectivity index (χ1) is 7.93. The van der Waals surface area contributed by atoms with Crippen LogP contribution in [0.4, 0.5) is 0 Å². The number of nitrogens with one attached hydrogen (secondary N) is 1. The molecule has 2 aliphatic rings. The van der Waals surface area contributed by atoms with Crippen LogP contribution in [0.15, 0.2) is 4.42 Å². The second-order valence-electron chi connectivity index (χ2n) is 4.55. The van der Waals surface area contributed by atoms with Crippen molar-refractivity contribution in [1.82, 2.24) is 15.5 Å². The Morgan fingerprint density at radius 1 is 1.00 bits per heavy atom. The van der Waals surface area contributed by atoms with Crippen LogP contribution in [-0.4, -0.2) is 36.5 Å². The van der Waals surface area contributed by atoms with Crippen molar-refractivity contribution in [3.8, 4) is 0 Å². The largest absolute Gasteiger partial charge is 0.425 e. The molecule has 0 bridgehead atoms. The van der Waals surface area contributed by atoms with Crippen molar-refractivity contribution in [2.75, 3.05) is 26.3 Å². The van der Waals surface area contributed by atoms with E-state index in [0.717, 1.165) is 57.3 Å². The highest BCUT2D eigenvalue weighted by Crippen LogP contribution is 2.28. The average molecular weight is 223 g/mol. The highest BCUT2D eigenvalue weighted by Gasteiger charge is 2.26. The molecule has 1 aromatic heterocycles. The minimum absolute atomic E-state index is 0.407. The highest BCUT2D eigenvalue weighted by molar-refractivity contribution is 4.99. The molecule has 0 saturated carbocycles. The Morgan fingerprint density at radius 2 is 1.75 bits per heavy atom. The molecule has 3 rings (SSSR count). The summed E-state index contributed by atoms with van der Waals surface area (Å²) in [6, 6.07) is 0. The Hall–Kier alpha value is -0.940. The standard InChI is InChI=1S/C11H17N3O2/c1-4-12-7-9(1)11-14-13-10(16-11)8-2-5-15-6-3-8/h8-9,12H,1-7H2. The molecule has 0 spiro atoms. The summed E-state index contributed by atoms with van der Waals surface area (Å²) in [6.45, 7) is 3.65. The SMILES string of the molecule is C1CC(c2nnc(C3CCOCC3)o2)CN1. The van der Waals surface area contributed by atoms with Gasteiger partial charge in [-0.05, 0) is 25.8 Å². The Morgan fingerprint density at radius 3 is 2.44 bits per heavy atom. The first-order valence-corrected chi connectivity index (χ1v) is 6.05. The summed E-state index contributed by atoms with van der Waals surface area (Å²) in [5, 5.41) is 11.7. The van der Waals surface area contributed by atoms with E-state index in [-0.39, 0.29) is 0 Å². The quantitative estimate of drug-likeness (QED) is 0.811. The fourth-order valence-electron chi connectivity index (χ4n) is 2.39. The van der Waals surface area contributed by atoms with Crippen LogP contribution in [0.25, 0.3) is 0 Å². The molecular formula is C11H17N3O2. The van der Waals surface area contributed by atoms with Gasteiger partial charge in [0.1, 0.15) is 0 Å². The summed E-state index contributed by atoms with van der Waals surface area (Å²) in [5.74, 6) is 2.45. The summed E-state index contributed by atoms with van der Waals surface area (Å²) in [7, 11) is 0. The predicted octanol–water partition coefficient (Wildman–Crippen LogP) is 1.04. The Labute approximate surface area is 94.6 Å². The molecule has 2 saturated heterocycles. The zero-order valence-corrected chi connectivity index (χ0v) is 9.32. The number of ether oxygens (including phenoxy) is 1. The number of aromatic nitrogens is 2. The maximum absolute atomic E-state index is 5.79. The molecule has 5 nitrogen and oxygen atoms in total. The van der Waals surface area contributed by atoms with Crippen LogP contribution in [0.3, 0.4) is 0 Å². The van der Waals surface area contributed by atoms with Crippen LogP contribution in [0, 0.1) is 0 Å². The highest BCUT2D eigenvalue weighted by atomic mass is 16.5. The van der Waals surface area contributed by atoms with Gasteiger partial charge in [-0.2, -0.15) is 0 Å². The van der Waals surface area contributed by atoms with Gasteiger partial charge in [0.05, 0.1) is 5.92 Å². The van der Waals surface area contributed by atoms with E-state index in [1.54, 1.807) is 0 Å². The van der Waals surface area contributed by atoms with E-state index in [2.05, 4.69) is 15.5 Å². The van der Waals surface area contributed by atoms with E-state index in [0.29, 0.717) is 11.8 Å². The van der Waals surface area contributed by atoms with E-state index >= 15 is 0 Å². The third-order valence-corrected chi connectivity index (χ3v) is 3.44. The van der Waals surface area contributed by atoms with Crippen LogP contribution in [0.2, 0.25) is 0 Å². The molecule has 0 radical (unpaired) electrons. The second-order valence-corrected chi connectivity index (χ2v) is 4.55. The van der Waals surface area contributed by atoms with Crippen LogP contribution >= 0.6 is 0 Å². The zero-order valence-electron chi connectivity index (χ0n) is 9.32. The molecule has 1 N–H and O–H groups in total. The van der Waals surface area contributed by atoms with Gasteiger partial charge >= 0.3 is 0 Å². The van der Waals surface area contributed by atoms with Gasteiger partial charge in [-0.25, -0.2) is 0 Å². The van der Waals surface area contributed by atoms with E-state index in [1.807, 2.05) is 0 Å². The molecule has 1 unspecified atom stereocenters. The summed E-state index contributed by atoms with van der Waals surface area (Å²) < 4.78 is 11.1. The monoisotopic (exact) mass is 223 g/mol. The summed E-state index contributed by atoms with van der Waals surface area (Å²) in [4.78, 5) is 0. The molecule has 88 valence electrons. The lowest BCUT2D eigenvalue weighted by atomic mass is 10.0. The minimum Gasteiger partial charge on any atom is -0.425 e. The lowest BCUT2D eigenvalue weighted by Crippen LogP contribution is -2.14. The van der Waals surface area contributed by atoms with Crippen LogP contribution in [-0.2, 0) is 4.74 Å². The van der Waals surface area contributed by atoms with Crippen molar-refractivity contribution in [2.45, 2.75) is 31.1 Å². The van der Waals surface area contributed by atoms with Crippen molar-refractivity contribution in [1.29, 1.82) is 0 Å². The van der Waals surface area contributed by atoms with Gasteiger partial charge in [0.25, 0.3) is 0 Å². The lowest BCUT2D eigenvalue weighted by molar-refractivity contribution is 0.0790. The number of rotatable bonds is 2. The Balaban J connectivity index is 1.71. The van der Waals surface area contributed by atoms with Gasteiger partial charge in [-0.1, -0.05) is 0 Å². The van der Waals surface area contributed by atoms with Gasteiger partial charge < -0.3 is 14.5 Å². The van der Waals surface area contributed by atoms with Crippen molar-refractivity contribution < 1.29 is 9.15 Å². The third-order valence-electron chi connectivity index (χ3n) is 3.44. The van der Waals surface area contributed by atoms with Gasteiger partial charge in [0, 0.05) is 25.7 Å². The molecule has 2 fully saturated rings. The summed E-state index contributed by atoms with van der Waals surface area (Å²) >= 11 is 0. The molecule has 3 heterocycles. The fourth-order valence-corrected chi connectivity index (χ4v) is 2.39. The average Bonchev–Trinajstić information content (AvgIpc) is 3.01. The van der Waals surface area contributed by atoms with Crippen LogP contribution < -0.4 is 5.32 Å². The maximum Gasteiger partial charge on any atom is 0.220 e. The Bertz CT molecular complexity index is 341. The molecule has 2 aliphatic heterocycles. The van der Waals surface area contributed by atoms with Crippen LogP contribution in [0.5, 0.6) is 0 Å². The number of hydrogen-bond donors (Lipinski definition) is 1.